The molecular weight excluding hydrogens is 619 g/mol. The van der Waals surface area contributed by atoms with Crippen molar-refractivity contribution in [2.45, 2.75) is 0 Å². The number of hydrogen-bond acceptors (Lipinski definition) is 2. The molecule has 0 aliphatic carbocycles. The van der Waals surface area contributed by atoms with Crippen LogP contribution in [0.1, 0.15) is 5.56 Å². The van der Waals surface area contributed by atoms with Crippen molar-refractivity contribution in [3.05, 3.63) is 182 Å². The Balaban J connectivity index is 1.13. The van der Waals surface area contributed by atoms with Gasteiger partial charge in [-0.25, -0.2) is 0 Å². The van der Waals surface area contributed by atoms with E-state index in [1.54, 1.807) is 0 Å². The van der Waals surface area contributed by atoms with Crippen LogP contribution in [-0.4, -0.2) is 9.55 Å². The lowest BCUT2D eigenvalue weighted by Crippen LogP contribution is -1.93. The monoisotopic (exact) mass is 647 g/mol. The Morgan fingerprint density at radius 3 is 1.63 bits per heavy atom. The van der Waals surface area contributed by atoms with Crippen molar-refractivity contribution in [1.29, 1.82) is 5.26 Å². The van der Waals surface area contributed by atoms with Crippen molar-refractivity contribution < 1.29 is 0 Å². The molecule has 0 unspecified atom stereocenters. The number of nitriles is 1. The molecule has 0 atom stereocenters. The summed E-state index contributed by atoms with van der Waals surface area (Å²) in [6.45, 7) is 0. The van der Waals surface area contributed by atoms with Gasteiger partial charge in [0, 0.05) is 34.4 Å². The smallest absolute Gasteiger partial charge is 0.0991 e. The Morgan fingerprint density at radius 1 is 0.412 bits per heavy atom. The topological polar surface area (TPSA) is 41.6 Å². The molecular formula is C48H29N3. The van der Waals surface area contributed by atoms with Gasteiger partial charge < -0.3 is 4.57 Å². The van der Waals surface area contributed by atoms with Crippen LogP contribution in [-0.2, 0) is 0 Å². The second-order valence-electron chi connectivity index (χ2n) is 13.1. The summed E-state index contributed by atoms with van der Waals surface area (Å²) in [6, 6.07) is 60.7. The van der Waals surface area contributed by atoms with Crippen LogP contribution >= 0.6 is 0 Å². The predicted octanol–water partition coefficient (Wildman–Crippen LogP) is 12.5. The number of pyridine rings is 1. The molecule has 0 aliphatic heterocycles. The zero-order valence-electron chi connectivity index (χ0n) is 27.6. The minimum atomic E-state index is 0.660. The summed E-state index contributed by atoms with van der Waals surface area (Å²) >= 11 is 0. The van der Waals surface area contributed by atoms with Gasteiger partial charge in [0.25, 0.3) is 0 Å². The molecule has 0 amide bonds. The Hall–Kier alpha value is -7.02. The number of rotatable bonds is 4. The van der Waals surface area contributed by atoms with Crippen LogP contribution in [0.5, 0.6) is 0 Å². The van der Waals surface area contributed by atoms with E-state index < -0.39 is 0 Å². The fourth-order valence-electron chi connectivity index (χ4n) is 7.92. The average molecular weight is 648 g/mol. The first-order chi connectivity index (χ1) is 25.2. The summed E-state index contributed by atoms with van der Waals surface area (Å²) in [4.78, 5) is 4.43. The molecule has 8 aromatic carbocycles. The Kier molecular flexibility index (Phi) is 6.56. The zero-order valence-corrected chi connectivity index (χ0v) is 27.6. The van der Waals surface area contributed by atoms with Crippen LogP contribution in [0, 0.1) is 11.3 Å². The van der Waals surface area contributed by atoms with Crippen molar-refractivity contribution in [1.82, 2.24) is 9.55 Å². The molecule has 3 heteroatoms. The average Bonchev–Trinajstić information content (AvgIpc) is 3.54. The molecule has 10 aromatic rings. The molecule has 0 radical (unpaired) electrons. The molecule has 2 heterocycles. The molecule has 10 rings (SSSR count). The molecule has 0 fully saturated rings. The highest BCUT2D eigenvalue weighted by Gasteiger charge is 2.16. The van der Waals surface area contributed by atoms with Gasteiger partial charge in [0.2, 0.25) is 0 Å². The lowest BCUT2D eigenvalue weighted by Gasteiger charge is -2.16. The van der Waals surface area contributed by atoms with E-state index in [9.17, 15) is 5.26 Å². The van der Waals surface area contributed by atoms with Gasteiger partial charge in [-0.3, -0.25) is 4.98 Å². The summed E-state index contributed by atoms with van der Waals surface area (Å²) in [5.41, 5.74) is 11.0. The lowest BCUT2D eigenvalue weighted by atomic mass is 9.88. The molecule has 236 valence electrons. The highest BCUT2D eigenvalue weighted by Crippen LogP contribution is 2.42. The first-order valence-electron chi connectivity index (χ1n) is 17.2. The van der Waals surface area contributed by atoms with Gasteiger partial charge in [-0.1, -0.05) is 103 Å². The fourth-order valence-corrected chi connectivity index (χ4v) is 7.92. The minimum Gasteiger partial charge on any atom is -0.309 e. The SMILES string of the molecule is N#Cc1ccc2c(c1)c1cc(-c3ccc(-c4cc5c6ccccc6c(-c6cccnc6)cc5c5ccccc45)cc3)ccc1n2-c1ccccc1. The van der Waals surface area contributed by atoms with Gasteiger partial charge in [0.1, 0.15) is 0 Å². The van der Waals surface area contributed by atoms with Crippen molar-refractivity contribution in [2.24, 2.45) is 0 Å². The van der Waals surface area contributed by atoms with Crippen molar-refractivity contribution in [2.75, 3.05) is 0 Å². The number of benzene rings is 8. The first-order valence-corrected chi connectivity index (χ1v) is 17.2. The van der Waals surface area contributed by atoms with E-state index in [2.05, 4.69) is 155 Å². The van der Waals surface area contributed by atoms with Crippen LogP contribution in [0.3, 0.4) is 0 Å². The number of nitrogens with zero attached hydrogens (tertiary/aromatic N) is 3. The minimum absolute atomic E-state index is 0.660. The maximum atomic E-state index is 9.72. The summed E-state index contributed by atoms with van der Waals surface area (Å²) < 4.78 is 2.28. The molecule has 2 aromatic heterocycles. The molecule has 0 bridgehead atoms. The van der Waals surface area contributed by atoms with Crippen molar-refractivity contribution in [3.8, 4) is 45.1 Å². The van der Waals surface area contributed by atoms with Crippen LogP contribution < -0.4 is 0 Å². The third kappa shape index (κ3) is 4.62. The highest BCUT2D eigenvalue weighted by molar-refractivity contribution is 6.23. The first kappa shape index (κ1) is 28.9. The molecule has 3 nitrogen and oxygen atoms in total. The summed E-state index contributed by atoms with van der Waals surface area (Å²) in [5, 5.41) is 19.3. The Bertz CT molecular complexity index is 3000. The number of hydrogen-bond donors (Lipinski definition) is 0. The maximum Gasteiger partial charge on any atom is 0.0991 e. The van der Waals surface area contributed by atoms with E-state index in [0.717, 1.165) is 44.2 Å². The largest absolute Gasteiger partial charge is 0.309 e. The molecule has 0 aliphatic rings. The van der Waals surface area contributed by atoms with E-state index in [0.29, 0.717) is 5.56 Å². The van der Waals surface area contributed by atoms with E-state index in [-0.39, 0.29) is 0 Å². The molecule has 0 spiro atoms. The fraction of sp³-hybridized carbons (Fsp3) is 0. The van der Waals surface area contributed by atoms with Gasteiger partial charge in [-0.15, -0.1) is 0 Å². The van der Waals surface area contributed by atoms with Gasteiger partial charge >= 0.3 is 0 Å². The van der Waals surface area contributed by atoms with E-state index in [1.807, 2.05) is 36.7 Å². The normalized spacial score (nSPS) is 11.5. The van der Waals surface area contributed by atoms with Gasteiger partial charge in [-0.2, -0.15) is 5.26 Å². The second-order valence-corrected chi connectivity index (χ2v) is 13.1. The number of para-hydroxylation sites is 1. The molecule has 51 heavy (non-hydrogen) atoms. The van der Waals surface area contributed by atoms with Crippen LogP contribution in [0.2, 0.25) is 0 Å². The molecule has 0 saturated carbocycles. The third-order valence-corrected chi connectivity index (χ3v) is 10.3. The molecule has 0 N–H and O–H groups in total. The van der Waals surface area contributed by atoms with Crippen molar-refractivity contribution in [3.63, 3.8) is 0 Å². The van der Waals surface area contributed by atoms with Gasteiger partial charge in [-0.05, 0) is 121 Å². The Morgan fingerprint density at radius 2 is 0.980 bits per heavy atom. The second kappa shape index (κ2) is 11.6. The highest BCUT2D eigenvalue weighted by atomic mass is 15.0. The zero-order chi connectivity index (χ0) is 33.9. The van der Waals surface area contributed by atoms with E-state index in [4.69, 9.17) is 0 Å². The van der Waals surface area contributed by atoms with Crippen LogP contribution in [0.25, 0.3) is 93.2 Å². The quantitative estimate of drug-likeness (QED) is 0.178. The van der Waals surface area contributed by atoms with Crippen molar-refractivity contribution >= 4 is 54.1 Å². The third-order valence-electron chi connectivity index (χ3n) is 10.3. The number of fused-ring (bicyclic) bond motifs is 8. The number of aromatic nitrogens is 2. The van der Waals surface area contributed by atoms with E-state index >= 15 is 0 Å². The molecule has 0 saturated heterocycles. The summed E-state index contributed by atoms with van der Waals surface area (Å²) in [7, 11) is 0. The Labute approximate surface area is 294 Å². The summed E-state index contributed by atoms with van der Waals surface area (Å²) in [5.74, 6) is 0. The van der Waals surface area contributed by atoms with Gasteiger partial charge in [0.15, 0.2) is 0 Å². The predicted molar refractivity (Wildman–Crippen MR) is 212 cm³/mol. The van der Waals surface area contributed by atoms with E-state index in [1.165, 1.54) is 49.0 Å². The van der Waals surface area contributed by atoms with Crippen LogP contribution in [0.4, 0.5) is 0 Å². The summed E-state index contributed by atoms with van der Waals surface area (Å²) in [6.07, 6.45) is 3.78. The lowest BCUT2D eigenvalue weighted by molar-refractivity contribution is 1.18. The maximum absolute atomic E-state index is 9.72. The van der Waals surface area contributed by atoms with Crippen LogP contribution in [0.15, 0.2) is 176 Å². The standard InChI is InChI=1S/C48H29N3/c49-29-31-16-22-47-45(25-31)46-26-34(21-23-48(46)51(47)36-10-2-1-3-11-36)32-17-19-33(20-18-32)41-27-43-40-15-7-5-13-38(40)42(35-9-8-24-50-30-35)28-44(43)39-14-6-4-12-37(39)41/h1-28,30H. The van der Waals surface area contributed by atoms with Gasteiger partial charge in [0.05, 0.1) is 22.7 Å².